The normalized spacial score (nSPS) is 15.5. The van der Waals surface area contributed by atoms with E-state index in [-0.39, 0.29) is 6.17 Å². The van der Waals surface area contributed by atoms with Crippen LogP contribution in [0.15, 0.2) is 119 Å². The van der Waals surface area contributed by atoms with Gasteiger partial charge in [0.25, 0.3) is 0 Å². The topological polar surface area (TPSA) is 37.5 Å². The molecule has 8 rings (SSSR count). The Morgan fingerprint density at radius 1 is 0.657 bits per heavy atom. The van der Waals surface area contributed by atoms with Crippen LogP contribution in [0.1, 0.15) is 17.3 Å². The average molecular weight is 449 g/mol. The largest absolute Gasteiger partial charge is 0.452 e. The molecule has 0 saturated heterocycles. The number of hydrogen-bond donors (Lipinski definition) is 1. The molecule has 1 atom stereocenters. The Morgan fingerprint density at radius 3 is 2.29 bits per heavy atom. The van der Waals surface area contributed by atoms with Gasteiger partial charge in [0.1, 0.15) is 17.1 Å². The predicted octanol–water partition coefficient (Wildman–Crippen LogP) is 6.31. The van der Waals surface area contributed by atoms with E-state index in [1.165, 1.54) is 38.6 Å². The van der Waals surface area contributed by atoms with Crippen LogP contribution in [0.4, 0.5) is 0 Å². The summed E-state index contributed by atoms with van der Waals surface area (Å²) in [6, 6.07) is 38.3. The van der Waals surface area contributed by atoms with Crippen molar-refractivity contribution in [2.45, 2.75) is 6.17 Å². The summed E-state index contributed by atoms with van der Waals surface area (Å²) in [5.41, 5.74) is 10.0. The minimum Gasteiger partial charge on any atom is -0.452 e. The molecule has 2 heterocycles. The van der Waals surface area contributed by atoms with E-state index in [4.69, 9.17) is 9.41 Å². The number of para-hydroxylation sites is 1. The van der Waals surface area contributed by atoms with Crippen molar-refractivity contribution in [1.82, 2.24) is 5.32 Å². The van der Waals surface area contributed by atoms with Crippen LogP contribution in [0.3, 0.4) is 0 Å². The van der Waals surface area contributed by atoms with Gasteiger partial charge in [-0.2, -0.15) is 0 Å². The molecule has 1 aliphatic heterocycles. The molecule has 0 amide bonds. The first kappa shape index (κ1) is 18.8. The number of hydrogen-bond acceptors (Lipinski definition) is 3. The van der Waals surface area contributed by atoms with Gasteiger partial charge in [-0.25, -0.2) is 0 Å². The lowest BCUT2D eigenvalue weighted by Gasteiger charge is -2.23. The minimum absolute atomic E-state index is 0.238. The van der Waals surface area contributed by atoms with E-state index in [9.17, 15) is 0 Å². The highest BCUT2D eigenvalue weighted by Gasteiger charge is 2.29. The average Bonchev–Trinajstić information content (AvgIpc) is 3.46. The summed E-state index contributed by atoms with van der Waals surface area (Å²) >= 11 is 0. The Hall–Kier alpha value is -4.63. The summed E-state index contributed by atoms with van der Waals surface area (Å²) in [5.74, 6) is 0. The van der Waals surface area contributed by atoms with Gasteiger partial charge in [0.2, 0.25) is 0 Å². The third-order valence-corrected chi connectivity index (χ3v) is 7.25. The van der Waals surface area contributed by atoms with Crippen LogP contribution in [0.25, 0.3) is 49.7 Å². The number of nitrogens with one attached hydrogen (secondary N) is 1. The van der Waals surface area contributed by atoms with Gasteiger partial charge in [-0.3, -0.25) is 4.99 Å². The van der Waals surface area contributed by atoms with E-state index in [0.717, 1.165) is 33.0 Å². The lowest BCUT2D eigenvalue weighted by molar-refractivity contribution is 0.535. The molecular formula is C32H20N2O. The maximum absolute atomic E-state index is 6.34. The molecule has 1 unspecified atom stereocenters. The molecule has 6 aromatic rings. The first-order chi connectivity index (χ1) is 17.4. The Labute approximate surface area is 201 Å². The molecule has 164 valence electrons. The number of rotatable bonds is 2. The van der Waals surface area contributed by atoms with Crippen molar-refractivity contribution in [3.05, 3.63) is 131 Å². The van der Waals surface area contributed by atoms with Crippen LogP contribution < -0.4 is 16.1 Å². The number of benzene rings is 5. The Bertz CT molecular complexity index is 1930. The molecule has 1 aliphatic carbocycles. The molecule has 0 bridgehead atoms. The van der Waals surface area contributed by atoms with Gasteiger partial charge in [0, 0.05) is 16.5 Å². The highest BCUT2D eigenvalue weighted by Crippen LogP contribution is 2.49. The van der Waals surface area contributed by atoms with E-state index in [0.29, 0.717) is 0 Å². The van der Waals surface area contributed by atoms with Crippen LogP contribution in [0.2, 0.25) is 0 Å². The molecule has 5 aromatic carbocycles. The fourth-order valence-electron chi connectivity index (χ4n) is 5.76. The first-order valence-corrected chi connectivity index (χ1v) is 11.9. The fourth-order valence-corrected chi connectivity index (χ4v) is 5.76. The molecule has 3 nitrogen and oxygen atoms in total. The van der Waals surface area contributed by atoms with E-state index in [2.05, 4.69) is 90.2 Å². The molecule has 0 radical (unpaired) electrons. The quantitative estimate of drug-likeness (QED) is 0.336. The SMILES string of the molecule is c1ccc(C2=c3oc4ccccc4c3=NC(c3cccc4c3-c3cccc5cccc-4c35)N2)cc1. The van der Waals surface area contributed by atoms with Crippen LogP contribution >= 0.6 is 0 Å². The highest BCUT2D eigenvalue weighted by molar-refractivity contribution is 6.15. The minimum atomic E-state index is -0.238. The lowest BCUT2D eigenvalue weighted by Crippen LogP contribution is -2.38. The summed E-state index contributed by atoms with van der Waals surface area (Å²) in [4.78, 5) is 5.26. The summed E-state index contributed by atoms with van der Waals surface area (Å²) < 4.78 is 6.34. The second-order valence-corrected chi connectivity index (χ2v) is 9.17. The van der Waals surface area contributed by atoms with Gasteiger partial charge in [0.05, 0.1) is 5.70 Å². The fraction of sp³-hybridized carbons (Fsp3) is 0.0312. The Kier molecular flexibility index (Phi) is 3.72. The van der Waals surface area contributed by atoms with Crippen LogP contribution in [-0.2, 0) is 0 Å². The summed E-state index contributed by atoms with van der Waals surface area (Å²) in [7, 11) is 0. The van der Waals surface area contributed by atoms with Crippen molar-refractivity contribution in [1.29, 1.82) is 0 Å². The predicted molar refractivity (Wildman–Crippen MR) is 140 cm³/mol. The van der Waals surface area contributed by atoms with Gasteiger partial charge in [0.15, 0.2) is 5.42 Å². The molecular weight excluding hydrogens is 428 g/mol. The van der Waals surface area contributed by atoms with E-state index in [1.54, 1.807) is 0 Å². The zero-order chi connectivity index (χ0) is 22.9. The van der Waals surface area contributed by atoms with Gasteiger partial charge in [-0.1, -0.05) is 97.1 Å². The summed E-state index contributed by atoms with van der Waals surface area (Å²) in [6.45, 7) is 0. The first-order valence-electron chi connectivity index (χ1n) is 11.9. The van der Waals surface area contributed by atoms with Crippen molar-refractivity contribution < 1.29 is 4.42 Å². The molecule has 1 N–H and O–H groups in total. The van der Waals surface area contributed by atoms with Gasteiger partial charge >= 0.3 is 0 Å². The second kappa shape index (κ2) is 6.94. The van der Waals surface area contributed by atoms with Gasteiger partial charge < -0.3 is 9.73 Å². The number of fused-ring (bicyclic) bond motifs is 6. The Balaban J connectivity index is 1.42. The maximum atomic E-state index is 6.34. The van der Waals surface area contributed by atoms with Crippen molar-refractivity contribution in [2.75, 3.05) is 0 Å². The lowest BCUT2D eigenvalue weighted by atomic mass is 9.95. The molecule has 35 heavy (non-hydrogen) atoms. The molecule has 2 aliphatic rings. The van der Waals surface area contributed by atoms with E-state index >= 15 is 0 Å². The molecule has 0 spiro atoms. The third-order valence-electron chi connectivity index (χ3n) is 7.25. The summed E-state index contributed by atoms with van der Waals surface area (Å²) in [5, 5.41) is 8.30. The second-order valence-electron chi connectivity index (χ2n) is 9.17. The molecule has 1 aromatic heterocycles. The van der Waals surface area contributed by atoms with Crippen LogP contribution in [0.5, 0.6) is 0 Å². The maximum Gasteiger partial charge on any atom is 0.177 e. The van der Waals surface area contributed by atoms with Gasteiger partial charge in [-0.15, -0.1) is 0 Å². The third kappa shape index (κ3) is 2.58. The number of nitrogens with zero attached hydrogens (tertiary/aromatic N) is 1. The monoisotopic (exact) mass is 448 g/mol. The van der Waals surface area contributed by atoms with E-state index in [1.807, 2.05) is 24.3 Å². The highest BCUT2D eigenvalue weighted by atomic mass is 16.3. The van der Waals surface area contributed by atoms with Crippen molar-refractivity contribution in [3.63, 3.8) is 0 Å². The number of furan rings is 1. The molecule has 0 fully saturated rings. The van der Waals surface area contributed by atoms with Crippen molar-refractivity contribution in [3.8, 4) is 22.3 Å². The summed E-state index contributed by atoms with van der Waals surface area (Å²) in [6.07, 6.45) is -0.238. The van der Waals surface area contributed by atoms with E-state index < -0.39 is 0 Å². The van der Waals surface area contributed by atoms with Crippen LogP contribution in [0, 0.1) is 0 Å². The zero-order valence-corrected chi connectivity index (χ0v) is 18.8. The van der Waals surface area contributed by atoms with Crippen molar-refractivity contribution >= 4 is 27.4 Å². The van der Waals surface area contributed by atoms with Crippen molar-refractivity contribution in [2.24, 2.45) is 4.99 Å². The molecule has 0 saturated carbocycles. The smallest absolute Gasteiger partial charge is 0.177 e. The molecule has 3 heteroatoms. The zero-order valence-electron chi connectivity index (χ0n) is 18.8. The Morgan fingerprint density at radius 2 is 1.40 bits per heavy atom. The van der Waals surface area contributed by atoms with Gasteiger partial charge in [-0.05, 0) is 45.2 Å². The van der Waals surface area contributed by atoms with Crippen LogP contribution in [-0.4, -0.2) is 0 Å². The standard InChI is InChI=1S/C32H20N2O/c1-2-9-20(10-3-1)29-31-30(23-13-4-5-18-26(23)35-31)34-32(33-29)25-17-8-15-22-21-14-6-11-19-12-7-16-24(27(19)21)28(22)25/h1-18,32-33H.